The summed E-state index contributed by atoms with van der Waals surface area (Å²) in [7, 11) is 3.95. The number of nitrogen functional groups attached to an aromatic ring is 1. The van der Waals surface area contributed by atoms with Crippen molar-refractivity contribution in [2.24, 2.45) is 5.84 Å². The van der Waals surface area contributed by atoms with Crippen LogP contribution in [0.1, 0.15) is 29.9 Å². The molecule has 19 heavy (non-hydrogen) atoms. The minimum absolute atomic E-state index is 0.0787. The summed E-state index contributed by atoms with van der Waals surface area (Å²) in [5, 5.41) is 2.95. The van der Waals surface area contributed by atoms with Crippen LogP contribution >= 0.6 is 0 Å². The van der Waals surface area contributed by atoms with Gasteiger partial charge >= 0.3 is 0 Å². The van der Waals surface area contributed by atoms with E-state index in [9.17, 15) is 4.79 Å². The number of aryl methyl sites for hydroxylation is 1. The molecule has 1 heterocycles. The van der Waals surface area contributed by atoms with Crippen LogP contribution in [-0.2, 0) is 6.42 Å². The number of rotatable bonds is 6. The summed E-state index contributed by atoms with van der Waals surface area (Å²) in [5.74, 6) is 5.75. The number of anilines is 1. The second kappa shape index (κ2) is 7.06. The van der Waals surface area contributed by atoms with Crippen LogP contribution in [0.15, 0.2) is 12.1 Å². The number of nitrogens with one attached hydrogen (secondary N) is 2. The Morgan fingerprint density at radius 1 is 1.47 bits per heavy atom. The summed E-state index contributed by atoms with van der Waals surface area (Å²) in [6, 6.07) is 3.52. The van der Waals surface area contributed by atoms with Crippen molar-refractivity contribution < 1.29 is 4.79 Å². The number of aromatic nitrogens is 1. The molecule has 0 bridgehead atoms. The van der Waals surface area contributed by atoms with Crippen molar-refractivity contribution in [3.8, 4) is 0 Å². The highest BCUT2D eigenvalue weighted by atomic mass is 16.1. The zero-order chi connectivity index (χ0) is 14.4. The fraction of sp³-hybridized carbons (Fsp3) is 0.538. The summed E-state index contributed by atoms with van der Waals surface area (Å²) in [4.78, 5) is 18.4. The number of hydrogen-bond donors (Lipinski definition) is 3. The Bertz CT molecular complexity index is 411. The van der Waals surface area contributed by atoms with E-state index in [4.69, 9.17) is 5.84 Å². The molecule has 6 heteroatoms. The molecule has 0 aliphatic heterocycles. The first-order valence-corrected chi connectivity index (χ1v) is 6.39. The molecule has 6 nitrogen and oxygen atoms in total. The van der Waals surface area contributed by atoms with Gasteiger partial charge in [-0.1, -0.05) is 6.92 Å². The van der Waals surface area contributed by atoms with Crippen molar-refractivity contribution in [3.63, 3.8) is 0 Å². The summed E-state index contributed by atoms with van der Waals surface area (Å²) in [5.41, 5.74) is 3.89. The highest BCUT2D eigenvalue weighted by Crippen LogP contribution is 2.10. The Kier molecular flexibility index (Phi) is 5.72. The Morgan fingerprint density at radius 3 is 2.68 bits per heavy atom. The summed E-state index contributed by atoms with van der Waals surface area (Å²) >= 11 is 0. The molecule has 1 aromatic rings. The molecular formula is C13H23N5O. The lowest BCUT2D eigenvalue weighted by Crippen LogP contribution is -2.39. The van der Waals surface area contributed by atoms with E-state index in [2.05, 4.69) is 15.7 Å². The normalized spacial score (nSPS) is 12.3. The average molecular weight is 265 g/mol. The van der Waals surface area contributed by atoms with E-state index in [1.807, 2.05) is 32.8 Å². The SMILES string of the molecule is CCc1cc(C(=O)NC(C)CN(C)C)cc(NN)n1. The van der Waals surface area contributed by atoms with E-state index in [1.165, 1.54) is 0 Å². The fourth-order valence-electron chi connectivity index (χ4n) is 1.87. The molecular weight excluding hydrogens is 242 g/mol. The number of hydrazine groups is 1. The minimum atomic E-state index is -0.108. The van der Waals surface area contributed by atoms with Crippen molar-refractivity contribution in [2.75, 3.05) is 26.1 Å². The van der Waals surface area contributed by atoms with Gasteiger partial charge in [0.2, 0.25) is 0 Å². The third-order valence-electron chi connectivity index (χ3n) is 2.67. The van der Waals surface area contributed by atoms with Gasteiger partial charge in [0.05, 0.1) is 0 Å². The molecule has 1 aromatic heterocycles. The Labute approximate surface area is 114 Å². The van der Waals surface area contributed by atoms with Crippen molar-refractivity contribution in [2.45, 2.75) is 26.3 Å². The first-order chi connectivity index (χ1) is 8.96. The minimum Gasteiger partial charge on any atom is -0.348 e. The van der Waals surface area contributed by atoms with Gasteiger partial charge < -0.3 is 15.6 Å². The van der Waals surface area contributed by atoms with Crippen LogP contribution in [0, 0.1) is 0 Å². The number of hydrogen-bond acceptors (Lipinski definition) is 5. The van der Waals surface area contributed by atoms with Crippen molar-refractivity contribution in [1.29, 1.82) is 0 Å². The maximum absolute atomic E-state index is 12.1. The van der Waals surface area contributed by atoms with Crippen molar-refractivity contribution in [3.05, 3.63) is 23.4 Å². The smallest absolute Gasteiger partial charge is 0.251 e. The highest BCUT2D eigenvalue weighted by Gasteiger charge is 2.12. The number of pyridine rings is 1. The third-order valence-corrected chi connectivity index (χ3v) is 2.67. The predicted octanol–water partition coefficient (Wildman–Crippen LogP) is 0.610. The number of nitrogens with two attached hydrogens (primary N) is 1. The van der Waals surface area contributed by atoms with Crippen LogP contribution in [0.3, 0.4) is 0 Å². The monoisotopic (exact) mass is 265 g/mol. The summed E-state index contributed by atoms with van der Waals surface area (Å²) < 4.78 is 0. The van der Waals surface area contributed by atoms with Crippen LogP contribution in [0.25, 0.3) is 0 Å². The largest absolute Gasteiger partial charge is 0.348 e. The van der Waals surface area contributed by atoms with E-state index in [0.717, 1.165) is 18.7 Å². The predicted molar refractivity (Wildman–Crippen MR) is 76.9 cm³/mol. The maximum atomic E-state index is 12.1. The van der Waals surface area contributed by atoms with Gasteiger partial charge in [-0.05, 0) is 39.6 Å². The Morgan fingerprint density at radius 2 is 2.16 bits per heavy atom. The van der Waals surface area contributed by atoms with E-state index >= 15 is 0 Å². The quantitative estimate of drug-likeness (QED) is 0.518. The molecule has 106 valence electrons. The molecule has 0 fully saturated rings. The fourth-order valence-corrected chi connectivity index (χ4v) is 1.87. The third kappa shape index (κ3) is 4.84. The average Bonchev–Trinajstić information content (AvgIpc) is 2.36. The second-order valence-electron chi connectivity index (χ2n) is 4.87. The van der Waals surface area contributed by atoms with E-state index in [-0.39, 0.29) is 11.9 Å². The van der Waals surface area contributed by atoms with Gasteiger partial charge in [-0.2, -0.15) is 0 Å². The van der Waals surface area contributed by atoms with Gasteiger partial charge in [-0.15, -0.1) is 0 Å². The number of likely N-dealkylation sites (N-methyl/N-ethyl adjacent to an activating group) is 1. The van der Waals surface area contributed by atoms with Gasteiger partial charge in [0.15, 0.2) is 0 Å². The van der Waals surface area contributed by atoms with Crippen LogP contribution in [0.2, 0.25) is 0 Å². The molecule has 0 aliphatic carbocycles. The van der Waals surface area contributed by atoms with Crippen LogP contribution in [-0.4, -0.2) is 42.5 Å². The van der Waals surface area contributed by atoms with E-state index in [1.54, 1.807) is 12.1 Å². The molecule has 4 N–H and O–H groups in total. The topological polar surface area (TPSA) is 83.3 Å². The van der Waals surface area contributed by atoms with Gasteiger partial charge in [-0.25, -0.2) is 10.8 Å². The molecule has 0 saturated heterocycles. The van der Waals surface area contributed by atoms with E-state index < -0.39 is 0 Å². The maximum Gasteiger partial charge on any atom is 0.251 e. The standard InChI is InChI=1S/C13H23N5O/c1-5-11-6-10(7-12(16-11)17-14)13(19)15-9(2)8-18(3)4/h6-7,9H,5,8,14H2,1-4H3,(H,15,19)(H,16,17). The summed E-state index contributed by atoms with van der Waals surface area (Å²) in [6.07, 6.45) is 0.753. The molecule has 1 rings (SSSR count). The Hall–Kier alpha value is -1.66. The number of carbonyl (C=O) groups is 1. The lowest BCUT2D eigenvalue weighted by Gasteiger charge is -2.18. The van der Waals surface area contributed by atoms with Crippen LogP contribution in [0.4, 0.5) is 5.82 Å². The summed E-state index contributed by atoms with van der Waals surface area (Å²) in [6.45, 7) is 4.75. The first kappa shape index (κ1) is 15.4. The lowest BCUT2D eigenvalue weighted by atomic mass is 10.1. The van der Waals surface area contributed by atoms with Crippen molar-refractivity contribution >= 4 is 11.7 Å². The molecule has 1 amide bonds. The molecule has 0 spiro atoms. The zero-order valence-electron chi connectivity index (χ0n) is 12.0. The Balaban J connectivity index is 2.81. The van der Waals surface area contributed by atoms with Gasteiger partial charge in [0.1, 0.15) is 5.82 Å². The molecule has 0 radical (unpaired) electrons. The second-order valence-corrected chi connectivity index (χ2v) is 4.87. The van der Waals surface area contributed by atoms with Crippen molar-refractivity contribution in [1.82, 2.24) is 15.2 Å². The molecule has 1 atom stereocenters. The first-order valence-electron chi connectivity index (χ1n) is 6.39. The van der Waals surface area contributed by atoms with Crippen LogP contribution < -0.4 is 16.6 Å². The number of amides is 1. The number of nitrogens with zero attached hydrogens (tertiary/aromatic N) is 2. The molecule has 0 aliphatic rings. The van der Waals surface area contributed by atoms with Crippen LogP contribution in [0.5, 0.6) is 0 Å². The number of carbonyl (C=O) groups excluding carboxylic acids is 1. The van der Waals surface area contributed by atoms with E-state index in [0.29, 0.717) is 11.4 Å². The lowest BCUT2D eigenvalue weighted by molar-refractivity contribution is 0.0934. The molecule has 0 aromatic carbocycles. The van der Waals surface area contributed by atoms with Gasteiger partial charge in [-0.3, -0.25) is 4.79 Å². The van der Waals surface area contributed by atoms with Gasteiger partial charge in [0, 0.05) is 23.8 Å². The highest BCUT2D eigenvalue weighted by molar-refractivity contribution is 5.95. The van der Waals surface area contributed by atoms with Gasteiger partial charge in [0.25, 0.3) is 5.91 Å². The zero-order valence-corrected chi connectivity index (χ0v) is 12.0. The molecule has 1 unspecified atom stereocenters. The molecule has 0 saturated carbocycles.